The molecule has 1 N–H and O–H groups in total. The van der Waals surface area contributed by atoms with Gasteiger partial charge in [-0.1, -0.05) is 12.1 Å². The Bertz CT molecular complexity index is 1090. The van der Waals surface area contributed by atoms with Gasteiger partial charge < -0.3 is 14.8 Å². The molecule has 0 fully saturated rings. The summed E-state index contributed by atoms with van der Waals surface area (Å²) in [5.41, 5.74) is 4.95. The van der Waals surface area contributed by atoms with Crippen molar-refractivity contribution in [3.05, 3.63) is 53.0 Å². The van der Waals surface area contributed by atoms with Crippen molar-refractivity contribution in [3.63, 3.8) is 0 Å². The van der Waals surface area contributed by atoms with Crippen molar-refractivity contribution in [2.75, 3.05) is 12.4 Å². The third-order valence-electron chi connectivity index (χ3n) is 4.91. The molecule has 0 spiro atoms. The van der Waals surface area contributed by atoms with E-state index in [2.05, 4.69) is 15.4 Å². The number of carbonyl (C=O) groups is 2. The third-order valence-corrected chi connectivity index (χ3v) is 4.91. The maximum absolute atomic E-state index is 12.4. The highest BCUT2D eigenvalue weighted by Gasteiger charge is 2.20. The molecule has 8 heteroatoms. The van der Waals surface area contributed by atoms with E-state index in [1.165, 1.54) is 7.11 Å². The Morgan fingerprint density at radius 3 is 2.67 bits per heavy atom. The van der Waals surface area contributed by atoms with Crippen molar-refractivity contribution in [2.45, 2.75) is 46.6 Å². The Morgan fingerprint density at radius 1 is 1.20 bits per heavy atom. The van der Waals surface area contributed by atoms with Gasteiger partial charge in [-0.3, -0.25) is 9.59 Å². The van der Waals surface area contributed by atoms with E-state index in [-0.39, 0.29) is 6.42 Å². The van der Waals surface area contributed by atoms with E-state index in [4.69, 9.17) is 9.47 Å². The van der Waals surface area contributed by atoms with Crippen molar-refractivity contribution in [2.24, 2.45) is 0 Å². The second kappa shape index (κ2) is 8.94. The van der Waals surface area contributed by atoms with Crippen LogP contribution < -0.4 is 10.1 Å². The number of amides is 1. The van der Waals surface area contributed by atoms with Crippen LogP contribution in [0.1, 0.15) is 36.0 Å². The van der Waals surface area contributed by atoms with Crippen LogP contribution in [0, 0.1) is 20.8 Å². The van der Waals surface area contributed by atoms with Crippen LogP contribution in [0.4, 0.5) is 5.69 Å². The van der Waals surface area contributed by atoms with Crippen LogP contribution in [-0.4, -0.2) is 39.7 Å². The summed E-state index contributed by atoms with van der Waals surface area (Å²) in [6.07, 6.45) is -0.334. The molecule has 1 amide bonds. The van der Waals surface area contributed by atoms with Crippen LogP contribution in [0.25, 0.3) is 5.65 Å². The van der Waals surface area contributed by atoms with E-state index in [1.54, 1.807) is 35.7 Å². The molecule has 0 saturated carbocycles. The van der Waals surface area contributed by atoms with Crippen LogP contribution in [0.5, 0.6) is 5.75 Å². The molecule has 0 bridgehead atoms. The van der Waals surface area contributed by atoms with Crippen molar-refractivity contribution < 1.29 is 19.1 Å². The van der Waals surface area contributed by atoms with Gasteiger partial charge in [0.15, 0.2) is 11.8 Å². The van der Waals surface area contributed by atoms with Crippen LogP contribution in [0.15, 0.2) is 30.3 Å². The fourth-order valence-corrected chi connectivity index (χ4v) is 3.32. The zero-order valence-electron chi connectivity index (χ0n) is 17.9. The summed E-state index contributed by atoms with van der Waals surface area (Å²) in [5.74, 6) is -0.337. The van der Waals surface area contributed by atoms with Gasteiger partial charge in [-0.2, -0.15) is 5.10 Å². The third kappa shape index (κ3) is 4.59. The highest BCUT2D eigenvalue weighted by molar-refractivity contribution is 5.96. The number of aryl methyl sites for hydroxylation is 3. The number of carbonyl (C=O) groups excluding carboxylic acids is 2. The number of ether oxygens (including phenoxy) is 2. The lowest BCUT2D eigenvalue weighted by Gasteiger charge is -2.15. The van der Waals surface area contributed by atoms with Gasteiger partial charge in [0.25, 0.3) is 5.91 Å². The summed E-state index contributed by atoms with van der Waals surface area (Å²) >= 11 is 0. The molecule has 8 nitrogen and oxygen atoms in total. The van der Waals surface area contributed by atoms with Crippen molar-refractivity contribution >= 4 is 23.2 Å². The van der Waals surface area contributed by atoms with Crippen LogP contribution >= 0.6 is 0 Å². The summed E-state index contributed by atoms with van der Waals surface area (Å²) in [5, 5.41) is 7.16. The van der Waals surface area contributed by atoms with Gasteiger partial charge in [-0.25, -0.2) is 9.50 Å². The largest absolute Gasteiger partial charge is 0.495 e. The van der Waals surface area contributed by atoms with E-state index in [1.807, 2.05) is 26.8 Å². The zero-order valence-corrected chi connectivity index (χ0v) is 17.9. The van der Waals surface area contributed by atoms with Crippen LogP contribution in [0.3, 0.4) is 0 Å². The van der Waals surface area contributed by atoms with Gasteiger partial charge in [0.1, 0.15) is 5.75 Å². The Balaban J connectivity index is 1.60. The Labute approximate surface area is 175 Å². The first kappa shape index (κ1) is 21.3. The lowest BCUT2D eigenvalue weighted by atomic mass is 10.1. The predicted molar refractivity (Wildman–Crippen MR) is 113 cm³/mol. The number of anilines is 1. The number of benzene rings is 1. The standard InChI is InChI=1S/C22H26N4O4/c1-13-12-20-23-14(2)17(15(3)26(20)25-13)10-11-21(27)30-16(4)22(28)24-18-8-6-7-9-19(18)29-5/h6-9,12,16H,10-11H2,1-5H3,(H,24,28)/t16-/m0/s1. The number of nitrogens with one attached hydrogen (secondary N) is 1. The molecule has 0 aliphatic carbocycles. The Kier molecular flexibility index (Phi) is 6.34. The maximum Gasteiger partial charge on any atom is 0.306 e. The number of fused-ring (bicyclic) bond motifs is 1. The fraction of sp³-hybridized carbons (Fsp3) is 0.364. The van der Waals surface area contributed by atoms with E-state index in [0.29, 0.717) is 17.9 Å². The molecule has 0 radical (unpaired) electrons. The zero-order chi connectivity index (χ0) is 21.8. The number of para-hydroxylation sites is 2. The number of nitrogens with zero attached hydrogens (tertiary/aromatic N) is 3. The molecule has 2 heterocycles. The minimum absolute atomic E-state index is 0.140. The maximum atomic E-state index is 12.4. The lowest BCUT2D eigenvalue weighted by molar-refractivity contribution is -0.153. The average molecular weight is 410 g/mol. The SMILES string of the molecule is COc1ccccc1NC(=O)[C@H](C)OC(=O)CCc1c(C)nc2cc(C)nn2c1C. The van der Waals surface area contributed by atoms with E-state index in [0.717, 1.165) is 28.3 Å². The van der Waals surface area contributed by atoms with E-state index < -0.39 is 18.0 Å². The van der Waals surface area contributed by atoms with Gasteiger partial charge in [-0.05, 0) is 51.8 Å². The van der Waals surface area contributed by atoms with E-state index >= 15 is 0 Å². The number of aromatic nitrogens is 3. The number of methoxy groups -OCH3 is 1. The number of rotatable bonds is 7. The lowest BCUT2D eigenvalue weighted by Crippen LogP contribution is -2.30. The molecule has 2 aromatic heterocycles. The van der Waals surface area contributed by atoms with Gasteiger partial charge in [0, 0.05) is 23.9 Å². The second-order valence-corrected chi connectivity index (χ2v) is 7.14. The Morgan fingerprint density at radius 2 is 1.93 bits per heavy atom. The molecular weight excluding hydrogens is 384 g/mol. The normalized spacial score (nSPS) is 11.9. The van der Waals surface area contributed by atoms with Gasteiger partial charge >= 0.3 is 5.97 Å². The number of hydrogen-bond donors (Lipinski definition) is 1. The first-order valence-corrected chi connectivity index (χ1v) is 9.76. The predicted octanol–water partition coefficient (Wildman–Crippen LogP) is 3.17. The highest BCUT2D eigenvalue weighted by Crippen LogP contribution is 2.23. The van der Waals surface area contributed by atoms with E-state index in [9.17, 15) is 9.59 Å². The van der Waals surface area contributed by atoms with Crippen LogP contribution in [-0.2, 0) is 20.7 Å². The van der Waals surface area contributed by atoms with Gasteiger partial charge in [-0.15, -0.1) is 0 Å². The summed E-state index contributed by atoms with van der Waals surface area (Å²) in [4.78, 5) is 29.3. The molecule has 0 aliphatic rings. The van der Waals surface area contributed by atoms with Crippen molar-refractivity contribution in [1.29, 1.82) is 0 Å². The fourth-order valence-electron chi connectivity index (χ4n) is 3.32. The molecule has 3 aromatic rings. The van der Waals surface area contributed by atoms with Gasteiger partial charge in [0.2, 0.25) is 0 Å². The average Bonchev–Trinajstić information content (AvgIpc) is 3.08. The minimum atomic E-state index is -0.932. The molecule has 0 unspecified atom stereocenters. The highest BCUT2D eigenvalue weighted by atomic mass is 16.5. The molecule has 158 valence electrons. The smallest absolute Gasteiger partial charge is 0.306 e. The molecular formula is C22H26N4O4. The first-order valence-electron chi connectivity index (χ1n) is 9.76. The minimum Gasteiger partial charge on any atom is -0.495 e. The quantitative estimate of drug-likeness (QED) is 0.601. The summed E-state index contributed by atoms with van der Waals surface area (Å²) < 4.78 is 12.3. The van der Waals surface area contributed by atoms with Crippen molar-refractivity contribution in [1.82, 2.24) is 14.6 Å². The summed E-state index contributed by atoms with van der Waals surface area (Å²) in [6.45, 7) is 7.33. The van der Waals surface area contributed by atoms with Gasteiger partial charge in [0.05, 0.1) is 18.5 Å². The molecule has 1 aromatic carbocycles. The van der Waals surface area contributed by atoms with Crippen molar-refractivity contribution in [3.8, 4) is 5.75 Å². The van der Waals surface area contributed by atoms with Crippen LogP contribution in [0.2, 0.25) is 0 Å². The first-order chi connectivity index (χ1) is 14.3. The number of hydrogen-bond acceptors (Lipinski definition) is 6. The molecule has 30 heavy (non-hydrogen) atoms. The molecule has 0 aliphatic heterocycles. The molecule has 1 atom stereocenters. The summed E-state index contributed by atoms with van der Waals surface area (Å²) in [7, 11) is 1.52. The molecule has 0 saturated heterocycles. The topological polar surface area (TPSA) is 94.8 Å². The monoisotopic (exact) mass is 410 g/mol. The molecule has 3 rings (SSSR count). The summed E-state index contributed by atoms with van der Waals surface area (Å²) in [6, 6.07) is 8.96. The second-order valence-electron chi connectivity index (χ2n) is 7.14. The Hall–Kier alpha value is -3.42. The number of esters is 1.